The third kappa shape index (κ3) is 5.99. The molecule has 2 N–H and O–H groups in total. The second-order valence-electron chi connectivity index (χ2n) is 6.93. The molecular weight excluding hydrogens is 320 g/mol. The lowest BCUT2D eigenvalue weighted by molar-refractivity contribution is -0.0456. The number of aliphatic hydroxyl groups is 1. The lowest BCUT2D eigenvalue weighted by Gasteiger charge is -2.36. The highest BCUT2D eigenvalue weighted by Gasteiger charge is 2.32. The van der Waals surface area contributed by atoms with Crippen molar-refractivity contribution in [3.05, 3.63) is 29.8 Å². The Morgan fingerprint density at radius 2 is 1.92 bits per heavy atom. The molecule has 1 unspecified atom stereocenters. The van der Waals surface area contributed by atoms with Crippen molar-refractivity contribution in [1.29, 1.82) is 0 Å². The van der Waals surface area contributed by atoms with Crippen molar-refractivity contribution in [2.45, 2.75) is 38.9 Å². The van der Waals surface area contributed by atoms with Gasteiger partial charge in [0.05, 0.1) is 12.2 Å². The van der Waals surface area contributed by atoms with Gasteiger partial charge in [-0.1, -0.05) is 6.92 Å². The highest BCUT2D eigenvalue weighted by Crippen LogP contribution is 2.22. The van der Waals surface area contributed by atoms with E-state index in [-0.39, 0.29) is 5.97 Å². The molecule has 1 aliphatic rings. The minimum atomic E-state index is -0.727. The number of piperazine rings is 1. The van der Waals surface area contributed by atoms with Gasteiger partial charge in [0.25, 0.3) is 0 Å². The molecule has 0 bridgehead atoms. The molecule has 1 heterocycles. The van der Waals surface area contributed by atoms with E-state index in [4.69, 9.17) is 9.47 Å². The van der Waals surface area contributed by atoms with Gasteiger partial charge in [-0.05, 0) is 44.5 Å². The lowest BCUT2D eigenvalue weighted by atomic mass is 10.0. The molecule has 6 heteroatoms. The lowest BCUT2D eigenvalue weighted by Crippen LogP contribution is -2.52. The monoisotopic (exact) mass is 350 g/mol. The third-order valence-electron chi connectivity index (χ3n) is 4.35. The summed E-state index contributed by atoms with van der Waals surface area (Å²) in [7, 11) is 0. The van der Waals surface area contributed by atoms with E-state index < -0.39 is 11.7 Å². The number of nitrogens with zero attached hydrogens (tertiary/aromatic N) is 1. The molecule has 0 aliphatic carbocycles. The summed E-state index contributed by atoms with van der Waals surface area (Å²) in [6.07, 6.45) is 0.186. The summed E-state index contributed by atoms with van der Waals surface area (Å²) in [5.74, 6) is 0.294. The van der Waals surface area contributed by atoms with Crippen LogP contribution in [0.1, 0.15) is 37.6 Å². The molecule has 1 atom stereocenters. The second-order valence-corrected chi connectivity index (χ2v) is 6.93. The zero-order valence-corrected chi connectivity index (χ0v) is 15.5. The van der Waals surface area contributed by atoms with Crippen molar-refractivity contribution in [2.24, 2.45) is 0 Å². The maximum absolute atomic E-state index is 11.8. The number of rotatable bonds is 8. The summed E-state index contributed by atoms with van der Waals surface area (Å²) in [4.78, 5) is 14.1. The summed E-state index contributed by atoms with van der Waals surface area (Å²) in [6.45, 7) is 10.5. The van der Waals surface area contributed by atoms with Gasteiger partial charge in [-0.15, -0.1) is 0 Å². The predicted octanol–water partition coefficient (Wildman–Crippen LogP) is 1.68. The van der Waals surface area contributed by atoms with Gasteiger partial charge in [-0.25, -0.2) is 4.79 Å². The number of nitrogens with one attached hydrogen (secondary N) is 1. The number of ether oxygens (including phenoxy) is 2. The quantitative estimate of drug-likeness (QED) is 0.695. The number of carbonyl (C=O) groups excluding carboxylic acids is 1. The van der Waals surface area contributed by atoms with Crippen molar-refractivity contribution >= 4 is 5.97 Å². The van der Waals surface area contributed by atoms with Crippen LogP contribution in [0.25, 0.3) is 0 Å². The Bertz CT molecular complexity index is 539. The van der Waals surface area contributed by atoms with Gasteiger partial charge < -0.3 is 19.9 Å². The molecular formula is C19H30N2O4. The van der Waals surface area contributed by atoms with Crippen LogP contribution in [0.5, 0.6) is 5.75 Å². The van der Waals surface area contributed by atoms with Gasteiger partial charge >= 0.3 is 5.97 Å². The molecule has 1 aromatic rings. The van der Waals surface area contributed by atoms with Crippen molar-refractivity contribution in [2.75, 3.05) is 39.3 Å². The molecule has 140 valence electrons. The highest BCUT2D eigenvalue weighted by atomic mass is 16.5. The van der Waals surface area contributed by atoms with Crippen LogP contribution in [-0.2, 0) is 4.74 Å². The zero-order chi connectivity index (χ0) is 18.3. The maximum atomic E-state index is 11.8. The predicted molar refractivity (Wildman–Crippen MR) is 97.0 cm³/mol. The highest BCUT2D eigenvalue weighted by molar-refractivity contribution is 5.89. The van der Waals surface area contributed by atoms with Crippen LogP contribution in [0, 0.1) is 0 Å². The fourth-order valence-corrected chi connectivity index (χ4v) is 2.67. The van der Waals surface area contributed by atoms with Crippen molar-refractivity contribution < 1.29 is 19.4 Å². The summed E-state index contributed by atoms with van der Waals surface area (Å²) < 4.78 is 11.1. The number of hydrogen-bond acceptors (Lipinski definition) is 6. The fourth-order valence-electron chi connectivity index (χ4n) is 2.67. The Labute approximate surface area is 150 Å². The van der Waals surface area contributed by atoms with Crippen molar-refractivity contribution in [3.63, 3.8) is 0 Å². The third-order valence-corrected chi connectivity index (χ3v) is 4.35. The number of carbonyl (C=O) groups is 1. The molecule has 1 aliphatic heterocycles. The van der Waals surface area contributed by atoms with Crippen LogP contribution in [0.2, 0.25) is 0 Å². The number of benzene rings is 1. The molecule has 0 aromatic heterocycles. The van der Waals surface area contributed by atoms with Gasteiger partial charge in [-0.2, -0.15) is 0 Å². The Morgan fingerprint density at radius 3 is 2.52 bits per heavy atom. The van der Waals surface area contributed by atoms with Crippen LogP contribution in [0.15, 0.2) is 24.3 Å². The maximum Gasteiger partial charge on any atom is 0.338 e. The van der Waals surface area contributed by atoms with Gasteiger partial charge in [0, 0.05) is 32.7 Å². The van der Waals surface area contributed by atoms with E-state index in [1.165, 1.54) is 0 Å². The minimum absolute atomic E-state index is 0.327. The average Bonchev–Trinajstić information content (AvgIpc) is 2.61. The first-order chi connectivity index (χ1) is 11.9. The normalized spacial score (nSPS) is 17.1. The first-order valence-corrected chi connectivity index (χ1v) is 8.99. The van der Waals surface area contributed by atoms with Crippen LogP contribution >= 0.6 is 0 Å². The Balaban J connectivity index is 1.91. The van der Waals surface area contributed by atoms with Gasteiger partial charge in [0.1, 0.15) is 17.5 Å². The molecule has 0 amide bonds. The fraction of sp³-hybridized carbons (Fsp3) is 0.632. The Hall–Kier alpha value is -1.63. The van der Waals surface area contributed by atoms with E-state index in [1.807, 2.05) is 20.8 Å². The number of esters is 1. The van der Waals surface area contributed by atoms with Crippen LogP contribution in [-0.4, -0.2) is 67.0 Å². The van der Waals surface area contributed by atoms with E-state index in [1.54, 1.807) is 24.3 Å². The first kappa shape index (κ1) is 19.7. The van der Waals surface area contributed by atoms with E-state index in [0.29, 0.717) is 24.5 Å². The molecule has 1 saturated heterocycles. The van der Waals surface area contributed by atoms with Crippen molar-refractivity contribution in [1.82, 2.24) is 10.2 Å². The van der Waals surface area contributed by atoms with Crippen LogP contribution in [0.4, 0.5) is 0 Å². The molecule has 6 nitrogen and oxygen atoms in total. The van der Waals surface area contributed by atoms with E-state index in [0.717, 1.165) is 32.6 Å². The van der Waals surface area contributed by atoms with Gasteiger partial charge in [-0.3, -0.25) is 4.90 Å². The topological polar surface area (TPSA) is 71.0 Å². The standard InChI is InChI=1S/C19H30N2O4/c1-4-13-24-18(23)15-5-7-16(8-6-15)25-19(2,3)17(22)14-21-11-9-20-10-12-21/h5-8,17,20,22H,4,9-14H2,1-3H3. The number of hydrogen-bond donors (Lipinski definition) is 2. The number of aliphatic hydroxyl groups excluding tert-OH is 1. The Morgan fingerprint density at radius 1 is 1.28 bits per heavy atom. The van der Waals surface area contributed by atoms with Crippen molar-refractivity contribution in [3.8, 4) is 5.75 Å². The average molecular weight is 350 g/mol. The largest absolute Gasteiger partial charge is 0.485 e. The van der Waals surface area contributed by atoms with E-state index in [2.05, 4.69) is 10.2 Å². The van der Waals surface area contributed by atoms with Gasteiger partial charge in [0.2, 0.25) is 0 Å². The minimum Gasteiger partial charge on any atom is -0.485 e. The molecule has 1 aromatic carbocycles. The molecule has 0 saturated carbocycles. The molecule has 0 radical (unpaired) electrons. The Kier molecular flexibility index (Phi) is 7.23. The second kappa shape index (κ2) is 9.17. The number of β-amino-alcohol motifs (C(OH)–C–C–N with tert-alkyl or cyclic N) is 1. The zero-order valence-electron chi connectivity index (χ0n) is 15.5. The summed E-state index contributed by atoms with van der Waals surface area (Å²) in [5, 5.41) is 13.9. The van der Waals surface area contributed by atoms with Crippen LogP contribution in [0.3, 0.4) is 0 Å². The van der Waals surface area contributed by atoms with Crippen LogP contribution < -0.4 is 10.1 Å². The van der Waals surface area contributed by atoms with E-state index >= 15 is 0 Å². The molecule has 1 fully saturated rings. The molecule has 0 spiro atoms. The first-order valence-electron chi connectivity index (χ1n) is 8.99. The van der Waals surface area contributed by atoms with Gasteiger partial charge in [0.15, 0.2) is 0 Å². The SMILES string of the molecule is CCCOC(=O)c1ccc(OC(C)(C)C(O)CN2CCNCC2)cc1. The molecule has 2 rings (SSSR count). The summed E-state index contributed by atoms with van der Waals surface area (Å²) in [6, 6.07) is 6.85. The molecule has 25 heavy (non-hydrogen) atoms. The summed E-state index contributed by atoms with van der Waals surface area (Å²) in [5.41, 5.74) is -0.227. The summed E-state index contributed by atoms with van der Waals surface area (Å²) >= 11 is 0. The smallest absolute Gasteiger partial charge is 0.338 e. The van der Waals surface area contributed by atoms with E-state index in [9.17, 15) is 9.90 Å².